The van der Waals surface area contributed by atoms with Crippen LogP contribution in [0.1, 0.15) is 42.2 Å². The molecule has 0 spiro atoms. The van der Waals surface area contributed by atoms with Gasteiger partial charge >= 0.3 is 0 Å². The van der Waals surface area contributed by atoms with E-state index < -0.39 is 5.97 Å². The molecule has 6 heteroatoms. The zero-order chi connectivity index (χ0) is 21.3. The normalized spacial score (nSPS) is 12.6. The summed E-state index contributed by atoms with van der Waals surface area (Å²) in [6, 6.07) is 18.2. The molecule has 0 atom stereocenters. The quantitative estimate of drug-likeness (QED) is 0.425. The third-order valence-corrected chi connectivity index (χ3v) is 5.25. The Balaban J connectivity index is 1.62. The average molecular weight is 462 g/mol. The Morgan fingerprint density at radius 2 is 1.57 bits per heavy atom. The Morgan fingerprint density at radius 3 is 2.17 bits per heavy atom. The third kappa shape index (κ3) is 3.82. The number of allylic oxidation sites excluding steroid dienone is 1. The van der Waals surface area contributed by atoms with Crippen LogP contribution in [0.5, 0.6) is 5.75 Å². The number of halogens is 1. The lowest BCUT2D eigenvalue weighted by Gasteiger charge is -2.11. The van der Waals surface area contributed by atoms with Gasteiger partial charge in [-0.25, -0.2) is 0 Å². The number of carboxylic acids is 1. The molecule has 1 aliphatic carbocycles. The second-order valence-corrected chi connectivity index (χ2v) is 7.63. The zero-order valence-electron chi connectivity index (χ0n) is 15.6. The molecule has 3 aromatic carbocycles. The maximum atomic E-state index is 12.7. The van der Waals surface area contributed by atoms with E-state index in [2.05, 4.69) is 15.9 Å². The molecule has 0 aliphatic heterocycles. The second-order valence-electron chi connectivity index (χ2n) is 6.72. The Kier molecular flexibility index (Phi) is 5.33. The molecule has 0 N–H and O–H groups in total. The van der Waals surface area contributed by atoms with Crippen molar-refractivity contribution in [3.05, 3.63) is 105 Å². The van der Waals surface area contributed by atoms with Crippen molar-refractivity contribution in [1.29, 1.82) is 0 Å². The summed E-state index contributed by atoms with van der Waals surface area (Å²) < 4.78 is 6.66. The highest BCUT2D eigenvalue weighted by molar-refractivity contribution is 9.10. The van der Waals surface area contributed by atoms with E-state index in [1.165, 1.54) is 12.1 Å². The standard InChI is InChI=1S/C24H15BrO5/c25-17-9-10-21(30-13-14-5-7-15(8-6-14)24(28)29)16(11-17)12-20-22(26)18-3-1-2-4-19(18)23(20)27/h1-12H,13H2,(H,28,29)/p-1. The van der Waals surface area contributed by atoms with E-state index in [-0.39, 0.29) is 29.3 Å². The summed E-state index contributed by atoms with van der Waals surface area (Å²) in [5.74, 6) is -1.36. The maximum absolute atomic E-state index is 12.7. The van der Waals surface area contributed by atoms with Crippen LogP contribution < -0.4 is 9.84 Å². The van der Waals surface area contributed by atoms with Gasteiger partial charge in [-0.15, -0.1) is 0 Å². The van der Waals surface area contributed by atoms with Crippen LogP contribution in [-0.2, 0) is 6.61 Å². The van der Waals surface area contributed by atoms with Gasteiger partial charge in [0.1, 0.15) is 12.4 Å². The van der Waals surface area contributed by atoms with E-state index in [4.69, 9.17) is 4.74 Å². The first kappa shape index (κ1) is 19.8. The monoisotopic (exact) mass is 461 g/mol. The minimum Gasteiger partial charge on any atom is -0.545 e. The third-order valence-electron chi connectivity index (χ3n) is 4.76. The van der Waals surface area contributed by atoms with E-state index in [1.54, 1.807) is 60.7 Å². The number of fused-ring (bicyclic) bond motifs is 1. The molecule has 1 aliphatic rings. The molecule has 0 saturated heterocycles. The van der Waals surface area contributed by atoms with E-state index in [0.717, 1.165) is 10.0 Å². The van der Waals surface area contributed by atoms with Gasteiger partial charge in [0.15, 0.2) is 11.6 Å². The summed E-state index contributed by atoms with van der Waals surface area (Å²) in [6.07, 6.45) is 1.55. The van der Waals surface area contributed by atoms with Crippen LogP contribution >= 0.6 is 15.9 Å². The van der Waals surface area contributed by atoms with Crippen molar-refractivity contribution in [3.8, 4) is 5.75 Å². The Hall–Kier alpha value is -3.51. The first-order chi connectivity index (χ1) is 14.4. The first-order valence-corrected chi connectivity index (χ1v) is 9.86. The number of ketones is 2. The van der Waals surface area contributed by atoms with Gasteiger partial charge in [-0.2, -0.15) is 0 Å². The highest BCUT2D eigenvalue weighted by Gasteiger charge is 2.32. The number of ether oxygens (including phenoxy) is 1. The van der Waals surface area contributed by atoms with E-state index in [1.807, 2.05) is 0 Å². The molecule has 5 nitrogen and oxygen atoms in total. The van der Waals surface area contributed by atoms with E-state index >= 15 is 0 Å². The van der Waals surface area contributed by atoms with Gasteiger partial charge in [0, 0.05) is 21.2 Å². The molecule has 0 bridgehead atoms. The van der Waals surface area contributed by atoms with Crippen LogP contribution in [0.3, 0.4) is 0 Å². The fourth-order valence-corrected chi connectivity index (χ4v) is 3.60. The first-order valence-electron chi connectivity index (χ1n) is 9.07. The van der Waals surface area contributed by atoms with Crippen LogP contribution in [0.4, 0.5) is 0 Å². The average Bonchev–Trinajstić information content (AvgIpc) is 2.98. The number of carbonyl (C=O) groups is 3. The largest absolute Gasteiger partial charge is 0.545 e. The lowest BCUT2D eigenvalue weighted by molar-refractivity contribution is -0.255. The molecule has 0 radical (unpaired) electrons. The predicted molar refractivity (Wildman–Crippen MR) is 112 cm³/mol. The van der Waals surface area contributed by atoms with Crippen molar-refractivity contribution in [1.82, 2.24) is 0 Å². The van der Waals surface area contributed by atoms with E-state index in [0.29, 0.717) is 22.4 Å². The molecule has 0 unspecified atom stereocenters. The minimum atomic E-state index is -1.24. The molecule has 4 rings (SSSR count). The number of carboxylic acid groups (broad SMARTS) is 1. The van der Waals surface area contributed by atoms with Crippen molar-refractivity contribution in [2.75, 3.05) is 0 Å². The number of benzene rings is 3. The lowest BCUT2D eigenvalue weighted by Crippen LogP contribution is -2.22. The van der Waals surface area contributed by atoms with Gasteiger partial charge in [-0.05, 0) is 35.4 Å². The van der Waals surface area contributed by atoms with Crippen molar-refractivity contribution in [2.45, 2.75) is 6.61 Å². The highest BCUT2D eigenvalue weighted by atomic mass is 79.9. The van der Waals surface area contributed by atoms with Crippen molar-refractivity contribution < 1.29 is 24.2 Å². The second kappa shape index (κ2) is 8.08. The molecule has 3 aromatic rings. The highest BCUT2D eigenvalue weighted by Crippen LogP contribution is 2.31. The van der Waals surface area contributed by atoms with Gasteiger partial charge in [0.05, 0.1) is 11.5 Å². The summed E-state index contributed by atoms with van der Waals surface area (Å²) in [5, 5.41) is 10.9. The Morgan fingerprint density at radius 1 is 0.933 bits per heavy atom. The summed E-state index contributed by atoms with van der Waals surface area (Å²) in [7, 11) is 0. The van der Waals surface area contributed by atoms with Gasteiger partial charge in [-0.3, -0.25) is 9.59 Å². The molecule has 0 amide bonds. The fourth-order valence-electron chi connectivity index (χ4n) is 3.22. The molecule has 0 saturated carbocycles. The lowest BCUT2D eigenvalue weighted by atomic mass is 10.1. The Bertz CT molecular complexity index is 1170. The molecule has 0 aromatic heterocycles. The van der Waals surface area contributed by atoms with Crippen molar-refractivity contribution in [2.24, 2.45) is 0 Å². The van der Waals surface area contributed by atoms with Crippen LogP contribution in [0.25, 0.3) is 6.08 Å². The van der Waals surface area contributed by atoms with Crippen LogP contribution in [0.2, 0.25) is 0 Å². The van der Waals surface area contributed by atoms with Crippen LogP contribution in [0, 0.1) is 0 Å². The van der Waals surface area contributed by atoms with Crippen LogP contribution in [0.15, 0.2) is 76.8 Å². The topological polar surface area (TPSA) is 83.5 Å². The van der Waals surface area contributed by atoms with Crippen LogP contribution in [-0.4, -0.2) is 17.5 Å². The van der Waals surface area contributed by atoms with Gasteiger partial charge in [0.25, 0.3) is 0 Å². The number of hydrogen-bond acceptors (Lipinski definition) is 5. The van der Waals surface area contributed by atoms with Gasteiger partial charge in [-0.1, -0.05) is 64.5 Å². The van der Waals surface area contributed by atoms with E-state index in [9.17, 15) is 19.5 Å². The maximum Gasteiger partial charge on any atom is 0.197 e. The number of aromatic carboxylic acids is 1. The molecule has 0 fully saturated rings. The number of rotatable bonds is 5. The molecular weight excluding hydrogens is 448 g/mol. The summed E-state index contributed by atoms with van der Waals surface area (Å²) in [6.45, 7) is 0.188. The van der Waals surface area contributed by atoms with Gasteiger partial charge < -0.3 is 14.6 Å². The number of Topliss-reactive ketones (excluding diaryl/α,β-unsaturated/α-hetero) is 2. The minimum absolute atomic E-state index is 0.0886. The fraction of sp³-hybridized carbons (Fsp3) is 0.0417. The molecule has 30 heavy (non-hydrogen) atoms. The zero-order valence-corrected chi connectivity index (χ0v) is 17.1. The van der Waals surface area contributed by atoms with Gasteiger partial charge in [0.2, 0.25) is 0 Å². The van der Waals surface area contributed by atoms with Crippen molar-refractivity contribution >= 4 is 39.5 Å². The number of hydrogen-bond donors (Lipinski definition) is 0. The molecular formula is C24H14BrO5-. The molecule has 148 valence electrons. The van der Waals surface area contributed by atoms with Crippen molar-refractivity contribution in [3.63, 3.8) is 0 Å². The number of carbonyl (C=O) groups excluding carboxylic acids is 3. The predicted octanol–water partition coefficient (Wildman–Crippen LogP) is 3.85. The summed E-state index contributed by atoms with van der Waals surface area (Å²) in [4.78, 5) is 36.2. The molecule has 0 heterocycles. The summed E-state index contributed by atoms with van der Waals surface area (Å²) >= 11 is 3.41. The summed E-state index contributed by atoms with van der Waals surface area (Å²) in [5.41, 5.74) is 2.34. The SMILES string of the molecule is O=C([O-])c1ccc(COc2ccc(Br)cc2C=C2C(=O)c3ccccc3C2=O)cc1. The smallest absolute Gasteiger partial charge is 0.197 e. The Labute approximate surface area is 180 Å².